The van der Waals surface area contributed by atoms with Gasteiger partial charge in [0.15, 0.2) is 5.16 Å². The van der Waals surface area contributed by atoms with Crippen LogP contribution in [0.3, 0.4) is 0 Å². The Hall–Kier alpha value is -2.34. The zero-order valence-electron chi connectivity index (χ0n) is 12.3. The number of hydrogen-bond acceptors (Lipinski definition) is 5. The number of aryl methyl sites for hydroxylation is 1. The van der Waals surface area contributed by atoms with E-state index in [4.69, 9.17) is 4.74 Å². The predicted molar refractivity (Wildman–Crippen MR) is 86.5 cm³/mol. The first-order valence-corrected chi connectivity index (χ1v) is 7.77. The van der Waals surface area contributed by atoms with Crippen LogP contribution in [-0.2, 0) is 5.75 Å². The number of fused-ring (bicyclic) bond motifs is 1. The van der Waals surface area contributed by atoms with Crippen LogP contribution < -0.4 is 10.4 Å². The van der Waals surface area contributed by atoms with Crippen molar-refractivity contribution in [1.82, 2.24) is 14.4 Å². The minimum atomic E-state index is -0.300. The normalized spacial score (nSPS) is 10.8. The van der Waals surface area contributed by atoms with Crippen LogP contribution in [0.5, 0.6) is 5.75 Å². The van der Waals surface area contributed by atoms with Crippen LogP contribution in [0, 0.1) is 6.92 Å². The topological polar surface area (TPSA) is 56.5 Å². The Labute approximate surface area is 132 Å². The standard InChI is InChI=1S/C16H15N3O2S/c1-11-4-3-9-19-14(11)17-15(18-16(19)20)22-10-12-5-7-13(21-2)8-6-12/h3-9H,10H2,1-2H3. The third-order valence-electron chi connectivity index (χ3n) is 3.29. The van der Waals surface area contributed by atoms with Crippen molar-refractivity contribution in [3.05, 3.63) is 64.2 Å². The molecule has 112 valence electrons. The van der Waals surface area contributed by atoms with E-state index >= 15 is 0 Å². The van der Waals surface area contributed by atoms with Gasteiger partial charge in [-0.3, -0.25) is 4.40 Å². The van der Waals surface area contributed by atoms with Gasteiger partial charge in [-0.2, -0.15) is 4.98 Å². The molecule has 2 heterocycles. The average molecular weight is 313 g/mol. The van der Waals surface area contributed by atoms with Crippen molar-refractivity contribution in [2.75, 3.05) is 7.11 Å². The maximum atomic E-state index is 12.0. The lowest BCUT2D eigenvalue weighted by Crippen LogP contribution is -2.19. The summed E-state index contributed by atoms with van der Waals surface area (Å²) in [4.78, 5) is 20.5. The van der Waals surface area contributed by atoms with E-state index in [1.165, 1.54) is 16.2 Å². The van der Waals surface area contributed by atoms with Gasteiger partial charge in [0.05, 0.1) is 7.11 Å². The number of aromatic nitrogens is 3. The van der Waals surface area contributed by atoms with Gasteiger partial charge in [-0.05, 0) is 36.2 Å². The Kier molecular flexibility index (Phi) is 4.11. The van der Waals surface area contributed by atoms with Crippen LogP contribution in [-0.4, -0.2) is 21.5 Å². The van der Waals surface area contributed by atoms with Gasteiger partial charge in [0, 0.05) is 11.9 Å². The van der Waals surface area contributed by atoms with Crippen molar-refractivity contribution >= 4 is 17.4 Å². The maximum Gasteiger partial charge on any atom is 0.355 e. The van der Waals surface area contributed by atoms with Crippen molar-refractivity contribution in [1.29, 1.82) is 0 Å². The van der Waals surface area contributed by atoms with E-state index in [9.17, 15) is 4.79 Å². The largest absolute Gasteiger partial charge is 0.497 e. The van der Waals surface area contributed by atoms with Gasteiger partial charge in [0.1, 0.15) is 11.4 Å². The molecule has 0 amide bonds. The summed E-state index contributed by atoms with van der Waals surface area (Å²) in [5.41, 5.74) is 2.43. The van der Waals surface area contributed by atoms with Crippen LogP contribution in [0.25, 0.3) is 5.65 Å². The van der Waals surface area contributed by atoms with Crippen LogP contribution in [0.4, 0.5) is 0 Å². The smallest absolute Gasteiger partial charge is 0.355 e. The molecule has 5 nitrogen and oxygen atoms in total. The molecule has 0 N–H and O–H groups in total. The molecule has 0 bridgehead atoms. The lowest BCUT2D eigenvalue weighted by molar-refractivity contribution is 0.414. The Morgan fingerprint density at radius 3 is 2.68 bits per heavy atom. The molecule has 0 atom stereocenters. The second-order valence-corrected chi connectivity index (χ2v) is 5.75. The Bertz CT molecular complexity index is 859. The summed E-state index contributed by atoms with van der Waals surface area (Å²) in [6.07, 6.45) is 1.68. The summed E-state index contributed by atoms with van der Waals surface area (Å²) in [7, 11) is 1.64. The monoisotopic (exact) mass is 313 g/mol. The predicted octanol–water partition coefficient (Wildman–Crippen LogP) is 2.70. The molecule has 3 aromatic rings. The van der Waals surface area contributed by atoms with Crippen molar-refractivity contribution in [2.24, 2.45) is 0 Å². The van der Waals surface area contributed by atoms with Crippen molar-refractivity contribution in [3.8, 4) is 5.75 Å². The Balaban J connectivity index is 1.84. The highest BCUT2D eigenvalue weighted by molar-refractivity contribution is 7.98. The molecule has 0 spiro atoms. The van der Waals surface area contributed by atoms with Crippen LogP contribution in [0.1, 0.15) is 11.1 Å². The third kappa shape index (κ3) is 2.96. The van der Waals surface area contributed by atoms with E-state index in [0.29, 0.717) is 16.6 Å². The van der Waals surface area contributed by atoms with E-state index in [1.54, 1.807) is 13.3 Å². The van der Waals surface area contributed by atoms with Gasteiger partial charge in [0.25, 0.3) is 0 Å². The average Bonchev–Trinajstić information content (AvgIpc) is 2.54. The molecule has 0 saturated heterocycles. The van der Waals surface area contributed by atoms with E-state index in [0.717, 1.165) is 16.9 Å². The van der Waals surface area contributed by atoms with Gasteiger partial charge in [-0.1, -0.05) is 30.0 Å². The summed E-state index contributed by atoms with van der Waals surface area (Å²) < 4.78 is 6.60. The summed E-state index contributed by atoms with van der Waals surface area (Å²) in [5.74, 6) is 1.52. The molecule has 0 aliphatic carbocycles. The molecule has 3 rings (SSSR count). The van der Waals surface area contributed by atoms with Crippen molar-refractivity contribution in [2.45, 2.75) is 17.8 Å². The lowest BCUT2D eigenvalue weighted by Gasteiger charge is -2.05. The van der Waals surface area contributed by atoms with E-state index in [1.807, 2.05) is 43.3 Å². The minimum absolute atomic E-state index is 0.300. The maximum absolute atomic E-state index is 12.0. The summed E-state index contributed by atoms with van der Waals surface area (Å²) >= 11 is 1.45. The number of nitrogens with zero attached hydrogens (tertiary/aromatic N) is 3. The first kappa shape index (κ1) is 14.6. The number of pyridine rings is 1. The number of benzene rings is 1. The van der Waals surface area contributed by atoms with Crippen molar-refractivity contribution in [3.63, 3.8) is 0 Å². The Morgan fingerprint density at radius 2 is 1.95 bits per heavy atom. The molecule has 2 aromatic heterocycles. The number of ether oxygens (including phenoxy) is 1. The fraction of sp³-hybridized carbons (Fsp3) is 0.188. The molecular formula is C16H15N3O2S. The summed E-state index contributed by atoms with van der Waals surface area (Å²) in [6, 6.07) is 11.6. The fourth-order valence-corrected chi connectivity index (χ4v) is 2.87. The van der Waals surface area contributed by atoms with Crippen LogP contribution in [0.15, 0.2) is 52.5 Å². The molecule has 0 fully saturated rings. The van der Waals surface area contributed by atoms with Crippen LogP contribution >= 0.6 is 11.8 Å². The number of methoxy groups -OCH3 is 1. The summed E-state index contributed by atoms with van der Waals surface area (Å²) in [5, 5.41) is 0.495. The third-order valence-corrected chi connectivity index (χ3v) is 4.21. The van der Waals surface area contributed by atoms with Gasteiger partial charge in [-0.25, -0.2) is 9.78 Å². The van der Waals surface area contributed by atoms with E-state index < -0.39 is 0 Å². The molecule has 0 radical (unpaired) electrons. The molecule has 0 saturated carbocycles. The number of thioether (sulfide) groups is 1. The fourth-order valence-electron chi connectivity index (χ4n) is 2.09. The quantitative estimate of drug-likeness (QED) is 0.693. The second-order valence-electron chi connectivity index (χ2n) is 4.81. The van der Waals surface area contributed by atoms with Gasteiger partial charge in [-0.15, -0.1) is 0 Å². The number of rotatable bonds is 4. The molecule has 1 aromatic carbocycles. The first-order chi connectivity index (χ1) is 10.7. The van der Waals surface area contributed by atoms with E-state index in [2.05, 4.69) is 9.97 Å². The second kappa shape index (κ2) is 6.19. The molecular weight excluding hydrogens is 298 g/mol. The summed E-state index contributed by atoms with van der Waals surface area (Å²) in [6.45, 7) is 1.93. The molecule has 6 heteroatoms. The van der Waals surface area contributed by atoms with Gasteiger partial charge < -0.3 is 4.74 Å². The van der Waals surface area contributed by atoms with Crippen LogP contribution in [0.2, 0.25) is 0 Å². The first-order valence-electron chi connectivity index (χ1n) is 6.79. The number of hydrogen-bond donors (Lipinski definition) is 0. The SMILES string of the molecule is COc1ccc(CSc2nc(=O)n3cccc(C)c3n2)cc1. The van der Waals surface area contributed by atoms with E-state index in [-0.39, 0.29) is 5.69 Å². The molecule has 0 aliphatic heterocycles. The van der Waals surface area contributed by atoms with Crippen molar-refractivity contribution < 1.29 is 4.74 Å². The zero-order valence-corrected chi connectivity index (χ0v) is 13.1. The molecule has 0 aliphatic rings. The molecule has 0 unspecified atom stereocenters. The minimum Gasteiger partial charge on any atom is -0.497 e. The Morgan fingerprint density at radius 1 is 1.18 bits per heavy atom. The molecule has 22 heavy (non-hydrogen) atoms. The van der Waals surface area contributed by atoms with Gasteiger partial charge >= 0.3 is 5.69 Å². The van der Waals surface area contributed by atoms with Gasteiger partial charge in [0.2, 0.25) is 0 Å². The zero-order chi connectivity index (χ0) is 15.5. The lowest BCUT2D eigenvalue weighted by atomic mass is 10.2. The highest BCUT2D eigenvalue weighted by Crippen LogP contribution is 2.21. The highest BCUT2D eigenvalue weighted by atomic mass is 32.2. The highest BCUT2D eigenvalue weighted by Gasteiger charge is 2.06.